The predicted molar refractivity (Wildman–Crippen MR) is 66.9 cm³/mol. The number of aliphatic hydroxyl groups excluding tert-OH is 1. The molecule has 0 bridgehead atoms. The molecule has 7 nitrogen and oxygen atoms in total. The molecule has 100 valence electrons. The summed E-state index contributed by atoms with van der Waals surface area (Å²) in [6.45, 7) is 3.52. The highest BCUT2D eigenvalue weighted by molar-refractivity contribution is 7.15. The van der Waals surface area contributed by atoms with E-state index in [-0.39, 0.29) is 6.54 Å². The second kappa shape index (κ2) is 6.31. The number of aliphatic hydroxyl groups is 1. The Morgan fingerprint density at radius 2 is 2.17 bits per heavy atom. The van der Waals surface area contributed by atoms with Crippen molar-refractivity contribution in [2.24, 2.45) is 0 Å². The molecule has 1 rings (SSSR count). The molecule has 4 N–H and O–H groups in total. The third-order valence-electron chi connectivity index (χ3n) is 2.19. The summed E-state index contributed by atoms with van der Waals surface area (Å²) in [7, 11) is 0. The van der Waals surface area contributed by atoms with Crippen molar-refractivity contribution in [1.82, 2.24) is 10.3 Å². The summed E-state index contributed by atoms with van der Waals surface area (Å²) in [6.07, 6.45) is -0.830. The van der Waals surface area contributed by atoms with E-state index in [1.165, 1.54) is 11.3 Å². The lowest BCUT2D eigenvalue weighted by Crippen LogP contribution is -2.38. The van der Waals surface area contributed by atoms with Gasteiger partial charge in [0.2, 0.25) is 0 Å². The summed E-state index contributed by atoms with van der Waals surface area (Å²) < 4.78 is 0. The number of thiazole rings is 1. The molecule has 1 aromatic heterocycles. The Balaban J connectivity index is 2.47. The number of aromatic nitrogens is 1. The molecule has 18 heavy (non-hydrogen) atoms. The summed E-state index contributed by atoms with van der Waals surface area (Å²) in [5.74, 6) is -1.38. The highest BCUT2D eigenvalue weighted by atomic mass is 32.1. The second-order valence-corrected chi connectivity index (χ2v) is 4.77. The molecule has 0 aliphatic rings. The molecule has 0 aromatic carbocycles. The van der Waals surface area contributed by atoms with Gasteiger partial charge in [0, 0.05) is 4.88 Å². The van der Waals surface area contributed by atoms with Crippen molar-refractivity contribution in [3.8, 4) is 0 Å². The lowest BCUT2D eigenvalue weighted by atomic mass is 10.3. The highest BCUT2D eigenvalue weighted by Crippen LogP contribution is 2.21. The molecule has 0 radical (unpaired) electrons. The Labute approximate surface area is 108 Å². The van der Waals surface area contributed by atoms with Crippen LogP contribution in [0.4, 0.5) is 9.93 Å². The highest BCUT2D eigenvalue weighted by Gasteiger charge is 2.15. The zero-order valence-electron chi connectivity index (χ0n) is 10.1. The minimum absolute atomic E-state index is 0.355. The maximum atomic E-state index is 11.4. The van der Waals surface area contributed by atoms with Gasteiger partial charge in [-0.15, -0.1) is 11.3 Å². The fraction of sp³-hybridized carbons (Fsp3) is 0.500. The number of carboxylic acid groups (broad SMARTS) is 1. The van der Waals surface area contributed by atoms with Crippen LogP contribution in [0.2, 0.25) is 0 Å². The molecule has 1 heterocycles. The van der Waals surface area contributed by atoms with Gasteiger partial charge in [0.25, 0.3) is 0 Å². The Bertz CT molecular complexity index is 446. The van der Waals surface area contributed by atoms with Gasteiger partial charge in [-0.05, 0) is 13.3 Å². The van der Waals surface area contributed by atoms with Crippen LogP contribution in [0.15, 0.2) is 0 Å². The van der Waals surface area contributed by atoms with E-state index in [0.29, 0.717) is 5.13 Å². The first-order valence-electron chi connectivity index (χ1n) is 5.36. The molecule has 2 amide bonds. The van der Waals surface area contributed by atoms with Gasteiger partial charge in [0.1, 0.15) is 0 Å². The van der Waals surface area contributed by atoms with Crippen LogP contribution < -0.4 is 10.6 Å². The first kappa shape index (κ1) is 14.4. The van der Waals surface area contributed by atoms with E-state index in [1.54, 1.807) is 0 Å². The molecular weight excluding hydrogens is 258 g/mol. The van der Waals surface area contributed by atoms with E-state index in [9.17, 15) is 9.59 Å². The minimum Gasteiger partial charge on any atom is -0.479 e. The van der Waals surface area contributed by atoms with Crippen molar-refractivity contribution in [3.63, 3.8) is 0 Å². The Morgan fingerprint density at radius 1 is 1.50 bits per heavy atom. The molecule has 1 atom stereocenters. The number of hydrogen-bond acceptors (Lipinski definition) is 5. The van der Waals surface area contributed by atoms with Gasteiger partial charge in [-0.2, -0.15) is 0 Å². The van der Waals surface area contributed by atoms with Crippen LogP contribution in [0.25, 0.3) is 0 Å². The van der Waals surface area contributed by atoms with E-state index in [0.717, 1.165) is 17.0 Å². The maximum absolute atomic E-state index is 11.4. The Hall–Kier alpha value is -1.67. The summed E-state index contributed by atoms with van der Waals surface area (Å²) >= 11 is 1.35. The molecule has 0 spiro atoms. The SMILES string of the molecule is CCc1nc(NC(=O)NC[C@H](O)C(=O)O)sc1C. The van der Waals surface area contributed by atoms with E-state index >= 15 is 0 Å². The summed E-state index contributed by atoms with van der Waals surface area (Å²) in [6, 6.07) is -0.591. The average molecular weight is 273 g/mol. The Morgan fingerprint density at radius 3 is 2.67 bits per heavy atom. The van der Waals surface area contributed by atoms with Gasteiger partial charge < -0.3 is 15.5 Å². The van der Waals surface area contributed by atoms with E-state index < -0.39 is 18.1 Å². The van der Waals surface area contributed by atoms with Crippen molar-refractivity contribution in [2.45, 2.75) is 26.4 Å². The zero-order chi connectivity index (χ0) is 13.7. The number of aryl methyl sites for hydroxylation is 2. The largest absolute Gasteiger partial charge is 0.479 e. The van der Waals surface area contributed by atoms with Crippen molar-refractivity contribution >= 4 is 28.5 Å². The maximum Gasteiger partial charge on any atom is 0.334 e. The van der Waals surface area contributed by atoms with Crippen LogP contribution in [-0.4, -0.2) is 39.8 Å². The average Bonchev–Trinajstić information content (AvgIpc) is 2.66. The molecule has 0 aliphatic heterocycles. The number of carbonyl (C=O) groups excluding carboxylic acids is 1. The molecule has 0 fully saturated rings. The molecule has 0 aliphatic carbocycles. The van der Waals surface area contributed by atoms with E-state index in [4.69, 9.17) is 10.2 Å². The standard InChI is InChI=1S/C10H15N3O4S/c1-3-6-5(2)18-10(12-6)13-9(17)11-4-7(14)8(15)16/h7,14H,3-4H2,1-2H3,(H,15,16)(H2,11,12,13,17)/t7-/m0/s1. The van der Waals surface area contributed by atoms with Crippen molar-refractivity contribution in [1.29, 1.82) is 0 Å². The van der Waals surface area contributed by atoms with Crippen molar-refractivity contribution in [3.05, 3.63) is 10.6 Å². The van der Waals surface area contributed by atoms with Gasteiger partial charge in [-0.25, -0.2) is 14.6 Å². The number of nitrogens with zero attached hydrogens (tertiary/aromatic N) is 1. The number of nitrogens with one attached hydrogen (secondary N) is 2. The molecule has 8 heteroatoms. The van der Waals surface area contributed by atoms with Crippen LogP contribution in [-0.2, 0) is 11.2 Å². The fourth-order valence-electron chi connectivity index (χ4n) is 1.23. The van der Waals surface area contributed by atoms with Crippen LogP contribution in [0.3, 0.4) is 0 Å². The van der Waals surface area contributed by atoms with Gasteiger partial charge in [-0.1, -0.05) is 6.92 Å². The zero-order valence-corrected chi connectivity index (χ0v) is 10.9. The van der Waals surface area contributed by atoms with Crippen LogP contribution in [0.5, 0.6) is 0 Å². The number of hydrogen-bond donors (Lipinski definition) is 4. The summed E-state index contributed by atoms with van der Waals surface area (Å²) in [5, 5.41) is 22.6. The number of urea groups is 1. The first-order chi connectivity index (χ1) is 8.43. The fourth-order valence-corrected chi connectivity index (χ4v) is 2.12. The van der Waals surface area contributed by atoms with E-state index in [1.807, 2.05) is 13.8 Å². The molecule has 1 aromatic rings. The van der Waals surface area contributed by atoms with Gasteiger partial charge in [-0.3, -0.25) is 5.32 Å². The normalized spacial score (nSPS) is 11.9. The molecule has 0 saturated carbocycles. The lowest BCUT2D eigenvalue weighted by molar-refractivity contribution is -0.146. The minimum atomic E-state index is -1.61. The lowest BCUT2D eigenvalue weighted by Gasteiger charge is -2.07. The van der Waals surface area contributed by atoms with Crippen molar-refractivity contribution < 1.29 is 19.8 Å². The topological polar surface area (TPSA) is 112 Å². The monoisotopic (exact) mass is 273 g/mol. The van der Waals surface area contributed by atoms with Crippen LogP contribution >= 0.6 is 11.3 Å². The quantitative estimate of drug-likeness (QED) is 0.627. The number of amides is 2. The molecule has 0 unspecified atom stereocenters. The smallest absolute Gasteiger partial charge is 0.334 e. The number of aliphatic carboxylic acids is 1. The number of rotatable bonds is 5. The molecular formula is C10H15N3O4S. The van der Waals surface area contributed by atoms with Gasteiger partial charge >= 0.3 is 12.0 Å². The summed E-state index contributed by atoms with van der Waals surface area (Å²) in [4.78, 5) is 26.9. The number of carboxylic acids is 1. The van der Waals surface area contributed by atoms with Gasteiger partial charge in [0.05, 0.1) is 12.2 Å². The van der Waals surface area contributed by atoms with Crippen LogP contribution in [0.1, 0.15) is 17.5 Å². The van der Waals surface area contributed by atoms with Crippen molar-refractivity contribution in [2.75, 3.05) is 11.9 Å². The second-order valence-electron chi connectivity index (χ2n) is 3.56. The third-order valence-corrected chi connectivity index (χ3v) is 3.12. The van der Waals surface area contributed by atoms with Gasteiger partial charge in [0.15, 0.2) is 11.2 Å². The number of carbonyl (C=O) groups is 2. The van der Waals surface area contributed by atoms with Crippen LogP contribution in [0, 0.1) is 6.92 Å². The van der Waals surface area contributed by atoms with E-state index in [2.05, 4.69) is 15.6 Å². The first-order valence-corrected chi connectivity index (χ1v) is 6.17. The Kier molecular flexibility index (Phi) is 5.05. The predicted octanol–water partition coefficient (Wildman–Crippen LogP) is 0.581. The number of anilines is 1. The summed E-state index contributed by atoms with van der Waals surface area (Å²) in [5.41, 5.74) is 0.917. The molecule has 0 saturated heterocycles. The third kappa shape index (κ3) is 3.97.